The highest BCUT2D eigenvalue weighted by atomic mass is 35.5. The topological polar surface area (TPSA) is 108 Å². The summed E-state index contributed by atoms with van der Waals surface area (Å²) in [5.74, 6) is -0.143. The maximum absolute atomic E-state index is 12.0. The molecule has 3 aromatic heterocycles. The lowest BCUT2D eigenvalue weighted by Crippen LogP contribution is -2.11. The molecule has 164 valence electrons. The molecule has 3 N–H and O–H groups in total. The number of thiophene rings is 1. The van der Waals surface area contributed by atoms with Gasteiger partial charge in [-0.25, -0.2) is 9.78 Å². The lowest BCUT2D eigenvalue weighted by Gasteiger charge is -2.07. The highest BCUT2D eigenvalue weighted by molar-refractivity contribution is 7.17. The number of carbonyl (C=O) groups excluding carboxylic acids is 2. The van der Waals surface area contributed by atoms with Gasteiger partial charge in [0.15, 0.2) is 0 Å². The van der Waals surface area contributed by atoms with Crippen molar-refractivity contribution < 1.29 is 19.1 Å². The zero-order chi connectivity index (χ0) is 22.7. The number of halogens is 1. The summed E-state index contributed by atoms with van der Waals surface area (Å²) in [5.41, 5.74) is 8.46. The Morgan fingerprint density at radius 1 is 1.25 bits per heavy atom. The van der Waals surface area contributed by atoms with Gasteiger partial charge in [-0.2, -0.15) is 0 Å². The van der Waals surface area contributed by atoms with E-state index in [1.807, 2.05) is 28.7 Å². The van der Waals surface area contributed by atoms with E-state index in [2.05, 4.69) is 15.0 Å². The second-order valence-corrected chi connectivity index (χ2v) is 8.22. The normalized spacial score (nSPS) is 10.8. The summed E-state index contributed by atoms with van der Waals surface area (Å²) in [6.07, 6.45) is 3.48. The largest absolute Gasteiger partial charge is 0.491 e. The van der Waals surface area contributed by atoms with Crippen LogP contribution < -0.4 is 15.8 Å². The van der Waals surface area contributed by atoms with E-state index in [0.717, 1.165) is 16.1 Å². The summed E-state index contributed by atoms with van der Waals surface area (Å²) >= 11 is 7.43. The number of primary amides is 1. The number of nitrogens with zero attached hydrogens (tertiary/aromatic N) is 2. The van der Waals surface area contributed by atoms with Crippen LogP contribution in [0.1, 0.15) is 15.2 Å². The van der Waals surface area contributed by atoms with Crippen molar-refractivity contribution in [3.05, 3.63) is 70.3 Å². The summed E-state index contributed by atoms with van der Waals surface area (Å²) < 4.78 is 12.3. The first-order chi connectivity index (χ1) is 15.5. The van der Waals surface area contributed by atoms with Gasteiger partial charge in [0, 0.05) is 35.5 Å². The molecule has 4 aromatic rings. The standard InChI is InChI=1S/C22H19ClN4O4S/c1-30-22(29)26-14-6-8-27-16(12-25-19(27)10-14)18-11-17(20(32-18)21(24)28)31-9-7-13-4-2-3-5-15(13)23/h2-6,8,10-12H,7,9H2,1H3,(H2,24,28)(H,26,29). The fourth-order valence-electron chi connectivity index (χ4n) is 3.16. The fourth-order valence-corrected chi connectivity index (χ4v) is 4.35. The van der Waals surface area contributed by atoms with Crippen molar-refractivity contribution >= 4 is 46.3 Å². The fraction of sp³-hybridized carbons (Fsp3) is 0.136. The summed E-state index contributed by atoms with van der Waals surface area (Å²) in [6, 6.07) is 12.7. The van der Waals surface area contributed by atoms with Crippen LogP contribution in [0.15, 0.2) is 54.9 Å². The van der Waals surface area contributed by atoms with Crippen LogP contribution in [0.3, 0.4) is 0 Å². The van der Waals surface area contributed by atoms with Crippen LogP contribution in [-0.4, -0.2) is 35.1 Å². The molecule has 10 heteroatoms. The summed E-state index contributed by atoms with van der Waals surface area (Å²) in [4.78, 5) is 28.9. The van der Waals surface area contributed by atoms with Crippen LogP contribution in [0.2, 0.25) is 5.02 Å². The lowest BCUT2D eigenvalue weighted by atomic mass is 10.2. The number of anilines is 1. The Kier molecular flexibility index (Phi) is 6.29. The van der Waals surface area contributed by atoms with E-state index in [-0.39, 0.29) is 0 Å². The predicted molar refractivity (Wildman–Crippen MR) is 124 cm³/mol. The van der Waals surface area contributed by atoms with Crippen LogP contribution in [-0.2, 0) is 11.2 Å². The molecule has 0 aliphatic carbocycles. The number of aromatic nitrogens is 2. The highest BCUT2D eigenvalue weighted by Gasteiger charge is 2.19. The molecule has 0 aliphatic heterocycles. The number of nitrogens with one attached hydrogen (secondary N) is 1. The van der Waals surface area contributed by atoms with Crippen molar-refractivity contribution in [3.63, 3.8) is 0 Å². The molecule has 32 heavy (non-hydrogen) atoms. The van der Waals surface area contributed by atoms with Crippen molar-refractivity contribution in [3.8, 4) is 16.3 Å². The first kappa shape index (κ1) is 21.7. The number of imidazole rings is 1. The van der Waals surface area contributed by atoms with Gasteiger partial charge in [-0.15, -0.1) is 11.3 Å². The number of methoxy groups -OCH3 is 1. The van der Waals surface area contributed by atoms with E-state index in [4.69, 9.17) is 22.1 Å². The number of carbonyl (C=O) groups is 2. The maximum Gasteiger partial charge on any atom is 0.411 e. The summed E-state index contributed by atoms with van der Waals surface area (Å²) in [6.45, 7) is 0.343. The van der Waals surface area contributed by atoms with Gasteiger partial charge in [0.1, 0.15) is 16.3 Å². The maximum atomic E-state index is 12.0. The summed E-state index contributed by atoms with van der Waals surface area (Å²) in [7, 11) is 1.29. The number of hydrogen-bond donors (Lipinski definition) is 2. The Labute approximate surface area is 192 Å². The molecule has 0 saturated heterocycles. The zero-order valence-electron chi connectivity index (χ0n) is 17.0. The van der Waals surface area contributed by atoms with Gasteiger partial charge >= 0.3 is 6.09 Å². The molecular formula is C22H19ClN4O4S. The van der Waals surface area contributed by atoms with Gasteiger partial charge in [0.05, 0.1) is 30.5 Å². The van der Waals surface area contributed by atoms with Crippen LogP contribution in [0.5, 0.6) is 5.75 Å². The van der Waals surface area contributed by atoms with Crippen LogP contribution in [0.25, 0.3) is 16.2 Å². The third-order valence-electron chi connectivity index (χ3n) is 4.71. The molecule has 0 aliphatic rings. The molecule has 0 radical (unpaired) electrons. The van der Waals surface area contributed by atoms with Crippen molar-refractivity contribution in [2.45, 2.75) is 6.42 Å². The smallest absolute Gasteiger partial charge is 0.411 e. The zero-order valence-corrected chi connectivity index (χ0v) is 18.6. The first-order valence-corrected chi connectivity index (χ1v) is 10.8. The molecule has 0 spiro atoms. The Balaban J connectivity index is 1.57. The summed E-state index contributed by atoms with van der Waals surface area (Å²) in [5, 5.41) is 3.27. The number of ether oxygens (including phenoxy) is 2. The van der Waals surface area contributed by atoms with Crippen molar-refractivity contribution in [2.75, 3.05) is 19.0 Å². The minimum absolute atomic E-state index is 0.332. The monoisotopic (exact) mass is 470 g/mol. The third kappa shape index (κ3) is 4.53. The molecule has 0 bridgehead atoms. The van der Waals surface area contributed by atoms with Gasteiger partial charge in [0.2, 0.25) is 0 Å². The van der Waals surface area contributed by atoms with E-state index in [0.29, 0.717) is 40.0 Å². The second kappa shape index (κ2) is 9.29. The van der Waals surface area contributed by atoms with E-state index < -0.39 is 12.0 Å². The average Bonchev–Trinajstić information content (AvgIpc) is 3.39. The third-order valence-corrected chi connectivity index (χ3v) is 6.23. The van der Waals surface area contributed by atoms with Crippen LogP contribution >= 0.6 is 22.9 Å². The average molecular weight is 471 g/mol. The molecule has 0 atom stereocenters. The molecule has 2 amide bonds. The minimum atomic E-state index is -0.566. The molecule has 4 rings (SSSR count). The van der Waals surface area contributed by atoms with Crippen LogP contribution in [0.4, 0.5) is 10.5 Å². The van der Waals surface area contributed by atoms with E-state index in [9.17, 15) is 9.59 Å². The molecular weight excluding hydrogens is 452 g/mol. The number of amides is 2. The molecule has 8 nitrogen and oxygen atoms in total. The van der Waals surface area contributed by atoms with E-state index >= 15 is 0 Å². The lowest BCUT2D eigenvalue weighted by molar-refractivity contribution is 0.100. The van der Waals surface area contributed by atoms with Crippen molar-refractivity contribution in [1.29, 1.82) is 0 Å². The number of benzene rings is 1. The number of hydrogen-bond acceptors (Lipinski definition) is 6. The Bertz CT molecular complexity index is 1300. The minimum Gasteiger partial charge on any atom is -0.491 e. The molecule has 0 unspecified atom stereocenters. The van der Waals surface area contributed by atoms with Gasteiger partial charge in [-0.3, -0.25) is 14.5 Å². The second-order valence-electron chi connectivity index (χ2n) is 6.76. The van der Waals surface area contributed by atoms with Gasteiger partial charge in [0.25, 0.3) is 5.91 Å². The first-order valence-electron chi connectivity index (χ1n) is 9.58. The SMILES string of the molecule is COC(=O)Nc1ccn2c(-c3cc(OCCc4ccccc4Cl)c(C(N)=O)s3)cnc2c1. The number of fused-ring (bicyclic) bond motifs is 1. The number of pyridine rings is 1. The van der Waals surface area contributed by atoms with Gasteiger partial charge < -0.3 is 15.2 Å². The molecule has 0 fully saturated rings. The molecule has 3 heterocycles. The predicted octanol–water partition coefficient (Wildman–Crippen LogP) is 4.61. The van der Waals surface area contributed by atoms with E-state index in [1.54, 1.807) is 30.6 Å². The Morgan fingerprint density at radius 3 is 2.81 bits per heavy atom. The number of nitrogens with two attached hydrogens (primary N) is 1. The van der Waals surface area contributed by atoms with E-state index in [1.165, 1.54) is 18.4 Å². The highest BCUT2D eigenvalue weighted by Crippen LogP contribution is 2.36. The Hall–Kier alpha value is -3.56. The quantitative estimate of drug-likeness (QED) is 0.410. The molecule has 0 saturated carbocycles. The van der Waals surface area contributed by atoms with Crippen LogP contribution in [0, 0.1) is 0 Å². The van der Waals surface area contributed by atoms with Crippen molar-refractivity contribution in [1.82, 2.24) is 9.38 Å². The van der Waals surface area contributed by atoms with Gasteiger partial charge in [-0.1, -0.05) is 29.8 Å². The molecule has 1 aromatic carbocycles. The van der Waals surface area contributed by atoms with Gasteiger partial charge in [-0.05, 0) is 17.7 Å². The van der Waals surface area contributed by atoms with Crippen molar-refractivity contribution in [2.24, 2.45) is 5.73 Å². The number of rotatable bonds is 7. The Morgan fingerprint density at radius 2 is 2.06 bits per heavy atom.